The van der Waals surface area contributed by atoms with Gasteiger partial charge in [-0.3, -0.25) is 0 Å². The van der Waals surface area contributed by atoms with Crippen molar-refractivity contribution in [1.29, 1.82) is 0 Å². The number of ether oxygens (including phenoxy) is 2. The van der Waals surface area contributed by atoms with Gasteiger partial charge < -0.3 is 19.7 Å². The Morgan fingerprint density at radius 3 is 1.42 bits per heavy atom. The summed E-state index contributed by atoms with van der Waals surface area (Å²) in [6.07, 6.45) is -1.37. The van der Waals surface area contributed by atoms with Crippen molar-refractivity contribution >= 4 is 28.8 Å². The minimum Gasteiger partial charge on any atom is -0.491 e. The van der Waals surface area contributed by atoms with Crippen LogP contribution in [0.2, 0.25) is 0 Å². The van der Waals surface area contributed by atoms with Gasteiger partial charge in [0, 0.05) is 0 Å². The van der Waals surface area contributed by atoms with Crippen molar-refractivity contribution in [1.82, 2.24) is 0 Å². The van der Waals surface area contributed by atoms with Crippen molar-refractivity contribution in [2.24, 2.45) is 0 Å². The Morgan fingerprint density at radius 1 is 0.769 bits per heavy atom. The zero-order valence-electron chi connectivity index (χ0n) is 14.3. The van der Waals surface area contributed by atoms with Gasteiger partial charge in [0.1, 0.15) is 36.9 Å². The van der Waals surface area contributed by atoms with Gasteiger partial charge in [0.2, 0.25) is 0 Å². The summed E-state index contributed by atoms with van der Waals surface area (Å²) >= 11 is 11.1. The Labute approximate surface area is 163 Å². The molecule has 0 aliphatic heterocycles. The van der Waals surface area contributed by atoms with Crippen molar-refractivity contribution in [3.05, 3.63) is 66.2 Å². The molecule has 4 nitrogen and oxygen atoms in total. The van der Waals surface area contributed by atoms with E-state index in [1.54, 1.807) is 0 Å². The van der Waals surface area contributed by atoms with E-state index in [1.807, 2.05) is 48.5 Å². The predicted molar refractivity (Wildman–Crippen MR) is 105 cm³/mol. The molecule has 0 radical (unpaired) electrons. The van der Waals surface area contributed by atoms with Crippen LogP contribution in [0.4, 0.5) is 0 Å². The number of aliphatic hydroxyl groups excluding tert-OH is 2. The van der Waals surface area contributed by atoms with Gasteiger partial charge in [0.05, 0.1) is 11.8 Å². The third kappa shape index (κ3) is 6.22. The topological polar surface area (TPSA) is 58.9 Å². The Hall–Kier alpha value is -1.72. The van der Waals surface area contributed by atoms with E-state index in [0.717, 1.165) is 16.7 Å². The van der Waals surface area contributed by atoms with Gasteiger partial charge >= 0.3 is 0 Å². The average Bonchev–Trinajstić information content (AvgIpc) is 2.70. The minimum absolute atomic E-state index is 0.138. The smallest absolute Gasteiger partial charge is 0.119 e. The van der Waals surface area contributed by atoms with Gasteiger partial charge in [-0.25, -0.2) is 0 Å². The molecule has 0 aromatic heterocycles. The lowest BCUT2D eigenvalue weighted by Crippen LogP contribution is -2.18. The van der Waals surface area contributed by atoms with Crippen molar-refractivity contribution in [2.45, 2.75) is 12.2 Å². The van der Waals surface area contributed by atoms with Gasteiger partial charge in [0.15, 0.2) is 0 Å². The summed E-state index contributed by atoms with van der Waals surface area (Å²) in [5.41, 5.74) is 2.78. The van der Waals surface area contributed by atoms with Crippen LogP contribution in [0.15, 0.2) is 55.1 Å². The normalized spacial score (nSPS) is 13.1. The summed E-state index contributed by atoms with van der Waals surface area (Å²) in [5, 5.41) is 18.8. The van der Waals surface area contributed by atoms with Crippen molar-refractivity contribution in [3.63, 3.8) is 0 Å². The van der Waals surface area contributed by atoms with Crippen LogP contribution in [0.25, 0.3) is 5.57 Å². The third-order valence-corrected chi connectivity index (χ3v) is 4.36. The maximum absolute atomic E-state index is 9.41. The van der Waals surface area contributed by atoms with Crippen molar-refractivity contribution in [2.75, 3.05) is 25.0 Å². The number of hydrogen-bond acceptors (Lipinski definition) is 4. The molecule has 26 heavy (non-hydrogen) atoms. The van der Waals surface area contributed by atoms with Crippen LogP contribution < -0.4 is 9.47 Å². The van der Waals surface area contributed by atoms with E-state index in [2.05, 4.69) is 6.58 Å². The van der Waals surface area contributed by atoms with E-state index < -0.39 is 12.2 Å². The Kier molecular flexibility index (Phi) is 8.26. The molecule has 140 valence electrons. The fourth-order valence-electron chi connectivity index (χ4n) is 2.15. The molecule has 0 amide bonds. The first-order chi connectivity index (χ1) is 12.5. The first kappa shape index (κ1) is 20.6. The zero-order valence-corrected chi connectivity index (χ0v) is 15.8. The molecule has 2 aromatic rings. The first-order valence-electron chi connectivity index (χ1n) is 8.17. The quantitative estimate of drug-likeness (QED) is 0.601. The average molecular weight is 397 g/mol. The summed E-state index contributed by atoms with van der Waals surface area (Å²) in [7, 11) is 0. The summed E-state index contributed by atoms with van der Waals surface area (Å²) in [4.78, 5) is 0. The van der Waals surface area contributed by atoms with Crippen LogP contribution in [-0.4, -0.2) is 47.4 Å². The molecule has 2 N–H and O–H groups in total. The Morgan fingerprint density at radius 2 is 1.12 bits per heavy atom. The second-order valence-corrected chi connectivity index (χ2v) is 6.38. The molecule has 0 fully saturated rings. The predicted octanol–water partition coefficient (Wildman–Crippen LogP) is 3.71. The molecule has 2 atom stereocenters. The van der Waals surface area contributed by atoms with E-state index in [1.165, 1.54) is 0 Å². The number of benzene rings is 2. The van der Waals surface area contributed by atoms with Crippen LogP contribution in [0.1, 0.15) is 11.1 Å². The molecular weight excluding hydrogens is 375 g/mol. The minimum atomic E-state index is -0.683. The fraction of sp³-hybridized carbons (Fsp3) is 0.300. The highest BCUT2D eigenvalue weighted by Gasteiger charge is 2.07. The Bertz CT molecular complexity index is 626. The molecule has 0 saturated heterocycles. The highest BCUT2D eigenvalue weighted by molar-refractivity contribution is 6.18. The summed E-state index contributed by atoms with van der Waals surface area (Å²) in [5.74, 6) is 1.60. The molecule has 0 bridgehead atoms. The molecule has 0 aliphatic carbocycles. The number of aliphatic hydroxyl groups is 2. The van der Waals surface area contributed by atoms with Gasteiger partial charge in [-0.05, 0) is 41.0 Å². The van der Waals surface area contributed by atoms with Crippen molar-refractivity contribution < 1.29 is 19.7 Å². The standard InChI is InChI=1S/C20H22Cl2O4/c1-14(15-2-6-19(7-3-15)25-12-17(23)10-21)16-4-8-20(9-5-16)26-13-18(24)11-22/h2-9,17-18,23-24H,1,10-13H2. The van der Waals surface area contributed by atoms with E-state index in [4.69, 9.17) is 32.7 Å². The van der Waals surface area contributed by atoms with Gasteiger partial charge in [-0.1, -0.05) is 30.8 Å². The maximum Gasteiger partial charge on any atom is 0.119 e. The lowest BCUT2D eigenvalue weighted by molar-refractivity contribution is 0.125. The van der Waals surface area contributed by atoms with Gasteiger partial charge in [0.25, 0.3) is 0 Å². The zero-order chi connectivity index (χ0) is 18.9. The van der Waals surface area contributed by atoms with Crippen LogP contribution >= 0.6 is 23.2 Å². The Balaban J connectivity index is 1.95. The van der Waals surface area contributed by atoms with Crippen molar-refractivity contribution in [3.8, 4) is 11.5 Å². The van der Waals surface area contributed by atoms with E-state index in [0.29, 0.717) is 11.5 Å². The SMILES string of the molecule is C=C(c1ccc(OCC(O)CCl)cc1)c1ccc(OCC(O)CCl)cc1. The maximum atomic E-state index is 9.41. The molecule has 2 rings (SSSR count). The van der Waals surface area contributed by atoms with Crippen LogP contribution in [-0.2, 0) is 0 Å². The van der Waals surface area contributed by atoms with Gasteiger partial charge in [-0.2, -0.15) is 0 Å². The molecule has 6 heteroatoms. The summed E-state index contributed by atoms with van der Waals surface area (Å²) < 4.78 is 10.9. The van der Waals surface area contributed by atoms with E-state index in [9.17, 15) is 10.2 Å². The number of hydrogen-bond donors (Lipinski definition) is 2. The third-order valence-electron chi connectivity index (χ3n) is 3.65. The molecular formula is C20H22Cl2O4. The number of rotatable bonds is 10. The molecule has 2 aromatic carbocycles. The summed E-state index contributed by atoms with van der Waals surface area (Å²) in [6, 6.07) is 14.9. The van der Waals surface area contributed by atoms with E-state index in [-0.39, 0.29) is 25.0 Å². The summed E-state index contributed by atoms with van der Waals surface area (Å²) in [6.45, 7) is 4.45. The molecule has 0 spiro atoms. The molecule has 2 unspecified atom stereocenters. The molecule has 0 aliphatic rings. The van der Waals surface area contributed by atoms with Gasteiger partial charge in [-0.15, -0.1) is 23.2 Å². The lowest BCUT2D eigenvalue weighted by atomic mass is 9.99. The lowest BCUT2D eigenvalue weighted by Gasteiger charge is -2.12. The number of halogens is 2. The largest absolute Gasteiger partial charge is 0.491 e. The first-order valence-corrected chi connectivity index (χ1v) is 9.23. The molecule has 0 saturated carbocycles. The highest BCUT2D eigenvalue weighted by Crippen LogP contribution is 2.25. The second kappa shape index (κ2) is 10.4. The monoisotopic (exact) mass is 396 g/mol. The van der Waals surface area contributed by atoms with Crippen LogP contribution in [0.5, 0.6) is 11.5 Å². The van der Waals surface area contributed by atoms with Crippen LogP contribution in [0, 0.1) is 0 Å². The fourth-order valence-corrected chi connectivity index (χ4v) is 2.32. The second-order valence-electron chi connectivity index (χ2n) is 5.77. The molecule has 0 heterocycles. The van der Waals surface area contributed by atoms with Crippen LogP contribution in [0.3, 0.4) is 0 Å². The number of alkyl halides is 2. The van der Waals surface area contributed by atoms with E-state index >= 15 is 0 Å². The highest BCUT2D eigenvalue weighted by atomic mass is 35.5.